The minimum atomic E-state index is -0.329. The van der Waals surface area contributed by atoms with E-state index in [-0.39, 0.29) is 40.6 Å². The first-order chi connectivity index (χ1) is 63.4. The summed E-state index contributed by atoms with van der Waals surface area (Å²) in [6, 6.07) is 0. The van der Waals surface area contributed by atoms with Gasteiger partial charge in [-0.15, -0.1) is 34.8 Å². The molecule has 24 bridgehead atoms. The van der Waals surface area contributed by atoms with Gasteiger partial charge in [0.05, 0.1) is 154 Å². The third-order valence-electron chi connectivity index (χ3n) is 41.7. The highest BCUT2D eigenvalue weighted by Crippen LogP contribution is 2.54. The van der Waals surface area contributed by atoms with Crippen LogP contribution in [0.3, 0.4) is 0 Å². The van der Waals surface area contributed by atoms with Crippen LogP contribution in [0.4, 0.5) is 0 Å². The van der Waals surface area contributed by atoms with Gasteiger partial charge < -0.3 is 4.74 Å². The zero-order valence-corrected chi connectivity index (χ0v) is 80.3. The summed E-state index contributed by atoms with van der Waals surface area (Å²) in [5.74, 6) is 15.7. The molecule has 27 rings (SSSR count). The number of hydrogen-bond acceptors (Lipinski definition) is 26. The maximum atomic E-state index is 9.75. The van der Waals surface area contributed by atoms with Crippen LogP contribution in [0.5, 0.6) is 0 Å². The summed E-state index contributed by atoms with van der Waals surface area (Å²) in [4.78, 5) is 9.75. The summed E-state index contributed by atoms with van der Waals surface area (Å²) in [6.45, 7) is 4.48. The van der Waals surface area contributed by atoms with E-state index in [1.165, 1.54) is 277 Å². The Morgan fingerprint density at radius 2 is 0.295 bits per heavy atom. The number of nitrogens with one attached hydrogen (secondary N) is 24. The maximum absolute atomic E-state index is 9.75. The third kappa shape index (κ3) is 17.7. The van der Waals surface area contributed by atoms with Gasteiger partial charge in [-0.2, -0.15) is 0 Å². The Bertz CT molecular complexity index is 3410. The van der Waals surface area contributed by atoms with Crippen molar-refractivity contribution < 1.29 is 9.53 Å². The van der Waals surface area contributed by atoms with Crippen LogP contribution >= 0.6 is 34.8 Å². The average Bonchev–Trinajstić information content (AvgIpc) is 1.60. The van der Waals surface area contributed by atoms with E-state index in [2.05, 4.69) is 139 Å². The molecule has 129 heavy (non-hydrogen) atoms. The van der Waals surface area contributed by atoms with Crippen molar-refractivity contribution in [2.45, 2.75) is 460 Å². The number of rotatable bonds is 1. The summed E-state index contributed by atoms with van der Waals surface area (Å²) >= 11 is 21.6. The van der Waals surface area contributed by atoms with E-state index in [0.717, 1.165) is 61.0 Å². The van der Waals surface area contributed by atoms with E-state index in [1.54, 1.807) is 0 Å². The maximum Gasteiger partial charge on any atom is 0.307 e. The first-order valence-corrected chi connectivity index (χ1v) is 56.7. The predicted octanol–water partition coefficient (Wildman–Crippen LogP) is 9.16. The molecule has 12 saturated carbocycles. The van der Waals surface area contributed by atoms with Gasteiger partial charge in [0.2, 0.25) is 0 Å². The zero-order chi connectivity index (χ0) is 86.2. The van der Waals surface area contributed by atoms with Crippen LogP contribution in [-0.2, 0) is 9.53 Å². The lowest BCUT2D eigenvalue weighted by Crippen LogP contribution is -2.62. The van der Waals surface area contributed by atoms with Crippen LogP contribution in [0.2, 0.25) is 0 Å². The summed E-state index contributed by atoms with van der Waals surface area (Å²) < 4.78 is 4.17. The highest BCUT2D eigenvalue weighted by molar-refractivity contribution is 6.21. The Balaban J connectivity index is 0.000000104. The van der Waals surface area contributed by atoms with E-state index >= 15 is 0 Å². The smallest absolute Gasteiger partial charge is 0.307 e. The molecule has 0 aromatic rings. The van der Waals surface area contributed by atoms with Crippen molar-refractivity contribution in [2.75, 3.05) is 0 Å². The van der Waals surface area contributed by atoms with Gasteiger partial charge in [0.1, 0.15) is 0 Å². The number of carbonyl (C=O) groups is 1. The lowest BCUT2D eigenvalue weighted by Gasteiger charge is -2.37. The SMILES string of the molecule is C=COC(C)=O.ClC1CCCC2C3NC4NC(NC5NC(NC6NC(NC(N3)C12)C1CCCCC61)C1CCCCC51)C1CCCCC41.ClC1CCCC2C3NC4NC(NC5NC(NC6NC(NC(N3)C12)C1CCCCC61)C1CCCCC51)C1CCCCC41.ClC1CCCC2C3NC4NC(NC5NC(NC6NC(NC(N3)C12)C1CCCCC61)C1CCCCC51)C1CCCCC41. The second-order valence-corrected chi connectivity index (χ2v) is 49.5. The molecule has 51 atom stereocenters. The Morgan fingerprint density at radius 1 is 0.186 bits per heavy atom. The van der Waals surface area contributed by atoms with Gasteiger partial charge in [0, 0.05) is 40.8 Å². The van der Waals surface area contributed by atoms with Gasteiger partial charge in [0.15, 0.2) is 0 Å². The van der Waals surface area contributed by atoms with Crippen molar-refractivity contribution in [1.82, 2.24) is 128 Å². The number of fused-ring (bicyclic) bond motifs is 60. The average molecular weight is 1850 g/mol. The van der Waals surface area contributed by atoms with E-state index in [9.17, 15) is 4.79 Å². The van der Waals surface area contributed by atoms with Crippen LogP contribution in [0, 0.1) is 142 Å². The second kappa shape index (κ2) is 39.5. The molecule has 15 heterocycles. The quantitative estimate of drug-likeness (QED) is 0.0661. The summed E-state index contributed by atoms with van der Waals surface area (Å²) in [5.41, 5.74) is 0. The van der Waals surface area contributed by atoms with Crippen molar-refractivity contribution >= 4 is 40.8 Å². The van der Waals surface area contributed by atoms with Crippen LogP contribution in [0.1, 0.15) is 296 Å². The number of halogens is 3. The number of hydrogen-bond donors (Lipinski definition) is 24. The monoisotopic (exact) mass is 1850 g/mol. The zero-order valence-electron chi connectivity index (χ0n) is 78.0. The Kier molecular flexibility index (Phi) is 27.8. The minimum absolute atomic E-state index is 0.252. The fourth-order valence-corrected chi connectivity index (χ4v) is 37.5. The minimum Gasteiger partial charge on any atom is -0.435 e. The highest BCUT2D eigenvalue weighted by Gasteiger charge is 2.62. The molecular weight excluding hydrogens is 1680 g/mol. The molecule has 51 unspecified atom stereocenters. The summed E-state index contributed by atoms with van der Waals surface area (Å²) in [5, 5.41) is 101. The van der Waals surface area contributed by atoms with E-state index in [0.29, 0.717) is 236 Å². The standard InChI is InChI=1S/3C32H55ClN8.C4H6O2/c3*33-23-15-7-14-22-24(23)32-40-30-21-13-6-5-12-20(21)28(38-30)36-26-17-9-2-1-8-16(17)25(34-26)35-27-18-10-3-4-11-19(18)29(37-27)39-31(22)41-32;1-3-6-4(2)5/h3*16-32,34-41H,1-15H2;3H,1H2,2H3. The molecule has 24 N–H and O–H groups in total. The predicted molar refractivity (Wildman–Crippen MR) is 509 cm³/mol. The fraction of sp³-hybridized carbons (Fsp3) is 0.970. The van der Waals surface area contributed by atoms with Gasteiger partial charge in [0.25, 0.3) is 0 Å². The molecule has 0 radical (unpaired) electrons. The number of carbonyl (C=O) groups excluding carboxylic acids is 1. The number of esters is 1. The van der Waals surface area contributed by atoms with Gasteiger partial charge in [-0.05, 0) is 278 Å². The van der Waals surface area contributed by atoms with Gasteiger partial charge in [-0.1, -0.05) is 141 Å². The van der Waals surface area contributed by atoms with Crippen molar-refractivity contribution in [2.24, 2.45) is 142 Å². The second-order valence-electron chi connectivity index (χ2n) is 47.8. The van der Waals surface area contributed by atoms with Gasteiger partial charge in [-0.25, -0.2) is 0 Å². The summed E-state index contributed by atoms with van der Waals surface area (Å²) in [7, 11) is 0. The van der Waals surface area contributed by atoms with Crippen LogP contribution in [0.25, 0.3) is 0 Å². The fourth-order valence-electron chi connectivity index (χ4n) is 36.1. The lowest BCUT2D eigenvalue weighted by atomic mass is 9.76. The van der Waals surface area contributed by atoms with Crippen LogP contribution in [0.15, 0.2) is 12.8 Å². The first kappa shape index (κ1) is 90.7. The molecule has 27 aliphatic rings. The van der Waals surface area contributed by atoms with Crippen LogP contribution in [-0.4, -0.2) is 170 Å². The van der Waals surface area contributed by atoms with Crippen molar-refractivity contribution in [1.29, 1.82) is 0 Å². The highest BCUT2D eigenvalue weighted by atomic mass is 35.5. The number of ether oxygens (including phenoxy) is 1. The third-order valence-corrected chi connectivity index (χ3v) is 43.2. The van der Waals surface area contributed by atoms with E-state index in [4.69, 9.17) is 34.8 Å². The first-order valence-electron chi connectivity index (χ1n) is 55.4. The number of alkyl halides is 3. The topological polar surface area (TPSA) is 315 Å². The molecule has 27 fully saturated rings. The van der Waals surface area contributed by atoms with Crippen LogP contribution < -0.4 is 128 Å². The van der Waals surface area contributed by atoms with E-state index in [1.807, 2.05) is 0 Å². The molecule has 724 valence electrons. The summed E-state index contributed by atoms with van der Waals surface area (Å²) in [6.07, 6.45) is 69.9. The molecule has 26 nitrogen and oxygen atoms in total. The Hall–Kier alpha value is -0.880. The molecule has 15 saturated heterocycles. The molecule has 12 aliphatic carbocycles. The normalized spacial score (nSPS) is 55.9. The molecular formula is C100H171Cl3N24O2. The molecule has 0 aromatic carbocycles. The molecule has 29 heteroatoms. The Morgan fingerprint density at radius 3 is 0.403 bits per heavy atom. The van der Waals surface area contributed by atoms with Gasteiger partial charge >= 0.3 is 5.97 Å². The van der Waals surface area contributed by atoms with Crippen molar-refractivity contribution in [3.8, 4) is 0 Å². The molecule has 0 spiro atoms. The molecule has 0 amide bonds. The largest absolute Gasteiger partial charge is 0.435 e. The Labute approximate surface area is 787 Å². The molecule has 0 aromatic heterocycles. The molecule has 15 aliphatic heterocycles. The van der Waals surface area contributed by atoms with Crippen molar-refractivity contribution in [3.05, 3.63) is 12.8 Å². The van der Waals surface area contributed by atoms with E-state index < -0.39 is 0 Å². The van der Waals surface area contributed by atoms with Crippen molar-refractivity contribution in [3.63, 3.8) is 0 Å². The van der Waals surface area contributed by atoms with Gasteiger partial charge in [-0.3, -0.25) is 132 Å². The lowest BCUT2D eigenvalue weighted by molar-refractivity contribution is -0.135.